The van der Waals surface area contributed by atoms with E-state index in [0.29, 0.717) is 17.9 Å². The largest absolute Gasteiger partial charge is 0.487 e. The lowest BCUT2D eigenvalue weighted by Crippen LogP contribution is -2.06. The molecule has 110 valence electrons. The third kappa shape index (κ3) is 4.07. The smallest absolute Gasteiger partial charge is 0.130 e. The van der Waals surface area contributed by atoms with E-state index in [9.17, 15) is 4.39 Å². The van der Waals surface area contributed by atoms with Gasteiger partial charge in [0.2, 0.25) is 0 Å². The molecule has 1 aromatic heterocycles. The lowest BCUT2D eigenvalue weighted by molar-refractivity contribution is 0.291. The molecule has 5 heteroatoms. The van der Waals surface area contributed by atoms with Crippen molar-refractivity contribution in [3.8, 4) is 17.6 Å². The van der Waals surface area contributed by atoms with Crippen LogP contribution in [-0.2, 0) is 13.2 Å². The van der Waals surface area contributed by atoms with Crippen molar-refractivity contribution in [3.63, 3.8) is 0 Å². The summed E-state index contributed by atoms with van der Waals surface area (Å²) in [5, 5.41) is 4.34. The van der Waals surface area contributed by atoms with Gasteiger partial charge in [-0.25, -0.2) is 4.39 Å². The van der Waals surface area contributed by atoms with Gasteiger partial charge < -0.3 is 10.5 Å². The Balaban J connectivity index is 2.14. The summed E-state index contributed by atoms with van der Waals surface area (Å²) in [7, 11) is 0. The van der Waals surface area contributed by atoms with Gasteiger partial charge in [-0.3, -0.25) is 4.68 Å². The number of ether oxygens (including phenoxy) is 1. The van der Waals surface area contributed by atoms with E-state index in [0.717, 1.165) is 17.9 Å². The Bertz CT molecular complexity index is 683. The van der Waals surface area contributed by atoms with E-state index in [4.69, 9.17) is 10.5 Å². The van der Waals surface area contributed by atoms with E-state index in [1.54, 1.807) is 6.07 Å². The summed E-state index contributed by atoms with van der Waals surface area (Å²) in [6, 6.07) is 6.35. The highest BCUT2D eigenvalue weighted by molar-refractivity contribution is 5.40. The molecule has 0 saturated carbocycles. The van der Waals surface area contributed by atoms with Crippen LogP contribution in [-0.4, -0.2) is 16.3 Å². The number of aryl methyl sites for hydroxylation is 2. The average molecular weight is 287 g/mol. The van der Waals surface area contributed by atoms with Crippen LogP contribution in [0.3, 0.4) is 0 Å². The molecule has 0 fully saturated rings. The fourth-order valence-corrected chi connectivity index (χ4v) is 2.02. The molecule has 0 aliphatic rings. The van der Waals surface area contributed by atoms with Crippen LogP contribution >= 0.6 is 0 Å². The van der Waals surface area contributed by atoms with E-state index < -0.39 is 0 Å². The zero-order valence-corrected chi connectivity index (χ0v) is 12.2. The average Bonchev–Trinajstić information content (AvgIpc) is 2.82. The molecule has 4 nitrogen and oxygen atoms in total. The SMILES string of the molecule is CCn1nc(C)cc1COc1cc(F)cc(C#CCN)c1. The molecular weight excluding hydrogens is 269 g/mol. The molecule has 21 heavy (non-hydrogen) atoms. The number of rotatable bonds is 4. The van der Waals surface area contributed by atoms with Gasteiger partial charge in [-0.05, 0) is 32.0 Å². The topological polar surface area (TPSA) is 53.1 Å². The molecule has 2 aromatic rings. The summed E-state index contributed by atoms with van der Waals surface area (Å²) in [4.78, 5) is 0. The quantitative estimate of drug-likeness (QED) is 0.877. The molecule has 0 aliphatic heterocycles. The Hall–Kier alpha value is -2.32. The number of hydrogen-bond donors (Lipinski definition) is 1. The summed E-state index contributed by atoms with van der Waals surface area (Å²) in [6.45, 7) is 5.28. The number of nitrogens with two attached hydrogens (primary N) is 1. The van der Waals surface area contributed by atoms with Crippen LogP contribution < -0.4 is 10.5 Å². The van der Waals surface area contributed by atoms with E-state index in [-0.39, 0.29) is 12.4 Å². The van der Waals surface area contributed by atoms with Crippen molar-refractivity contribution in [2.75, 3.05) is 6.54 Å². The standard InChI is InChI=1S/C16H18FN3O/c1-3-20-15(7-12(2)19-20)11-21-16-9-13(5-4-6-18)8-14(17)10-16/h7-10H,3,6,11,18H2,1-2H3. The second-order valence-electron chi connectivity index (χ2n) is 4.56. The molecular formula is C16H18FN3O. The molecule has 0 aliphatic carbocycles. The maximum absolute atomic E-state index is 13.5. The van der Waals surface area contributed by atoms with E-state index in [1.807, 2.05) is 24.6 Å². The molecule has 0 spiro atoms. The number of benzene rings is 1. The Morgan fingerprint density at radius 1 is 1.33 bits per heavy atom. The summed E-state index contributed by atoms with van der Waals surface area (Å²) < 4.78 is 21.0. The normalized spacial score (nSPS) is 10.1. The highest BCUT2D eigenvalue weighted by Crippen LogP contribution is 2.17. The van der Waals surface area contributed by atoms with Gasteiger partial charge in [0.1, 0.15) is 18.2 Å². The van der Waals surface area contributed by atoms with Gasteiger partial charge in [0.05, 0.1) is 17.9 Å². The summed E-state index contributed by atoms with van der Waals surface area (Å²) in [5.41, 5.74) is 7.75. The molecule has 1 aromatic carbocycles. The minimum atomic E-state index is -0.381. The number of aromatic nitrogens is 2. The second-order valence-corrected chi connectivity index (χ2v) is 4.56. The van der Waals surface area contributed by atoms with Crippen LogP contribution in [0.1, 0.15) is 23.9 Å². The van der Waals surface area contributed by atoms with Crippen LogP contribution in [0.5, 0.6) is 5.75 Å². The van der Waals surface area contributed by atoms with Crippen LogP contribution in [0.25, 0.3) is 0 Å². The third-order valence-corrected chi connectivity index (χ3v) is 2.88. The Morgan fingerprint density at radius 3 is 2.86 bits per heavy atom. The van der Waals surface area contributed by atoms with E-state index in [2.05, 4.69) is 16.9 Å². The van der Waals surface area contributed by atoms with E-state index in [1.165, 1.54) is 12.1 Å². The highest BCUT2D eigenvalue weighted by Gasteiger charge is 2.06. The Kier molecular flexibility index (Phi) is 4.96. The second kappa shape index (κ2) is 6.91. The fraction of sp³-hybridized carbons (Fsp3) is 0.312. The maximum atomic E-state index is 13.5. The predicted octanol–water partition coefficient (Wildman–Crippen LogP) is 2.24. The molecule has 0 unspecified atom stereocenters. The molecule has 0 amide bonds. The molecule has 2 N–H and O–H groups in total. The van der Waals surface area contributed by atoms with Gasteiger partial charge in [0.15, 0.2) is 0 Å². The van der Waals surface area contributed by atoms with Crippen molar-refractivity contribution >= 4 is 0 Å². The zero-order chi connectivity index (χ0) is 15.2. The molecule has 0 bridgehead atoms. The number of nitrogens with zero attached hydrogens (tertiary/aromatic N) is 2. The van der Waals surface area contributed by atoms with Gasteiger partial charge in [-0.2, -0.15) is 5.10 Å². The lowest BCUT2D eigenvalue weighted by Gasteiger charge is -2.08. The minimum Gasteiger partial charge on any atom is -0.487 e. The van der Waals surface area contributed by atoms with Crippen molar-refractivity contribution in [2.24, 2.45) is 5.73 Å². The summed E-state index contributed by atoms with van der Waals surface area (Å²) >= 11 is 0. The molecule has 0 atom stereocenters. The van der Waals surface area contributed by atoms with Gasteiger partial charge in [-0.1, -0.05) is 11.8 Å². The zero-order valence-electron chi connectivity index (χ0n) is 12.2. The monoisotopic (exact) mass is 287 g/mol. The third-order valence-electron chi connectivity index (χ3n) is 2.88. The molecule has 2 rings (SSSR count). The maximum Gasteiger partial charge on any atom is 0.130 e. The predicted molar refractivity (Wildman–Crippen MR) is 79.3 cm³/mol. The van der Waals surface area contributed by atoms with Crippen molar-refractivity contribution in [3.05, 3.63) is 47.0 Å². The van der Waals surface area contributed by atoms with Gasteiger partial charge >= 0.3 is 0 Å². The first-order valence-electron chi connectivity index (χ1n) is 6.78. The Labute approximate surface area is 123 Å². The van der Waals surface area contributed by atoms with Crippen LogP contribution in [0, 0.1) is 24.6 Å². The first kappa shape index (κ1) is 15.1. The van der Waals surface area contributed by atoms with E-state index >= 15 is 0 Å². The highest BCUT2D eigenvalue weighted by atomic mass is 19.1. The first-order valence-corrected chi connectivity index (χ1v) is 6.78. The van der Waals surface area contributed by atoms with Crippen molar-refractivity contribution in [1.82, 2.24) is 9.78 Å². The van der Waals surface area contributed by atoms with Crippen LogP contribution in [0.2, 0.25) is 0 Å². The van der Waals surface area contributed by atoms with Crippen molar-refractivity contribution in [1.29, 1.82) is 0 Å². The van der Waals surface area contributed by atoms with Crippen molar-refractivity contribution in [2.45, 2.75) is 27.0 Å². The van der Waals surface area contributed by atoms with Crippen molar-refractivity contribution < 1.29 is 9.13 Å². The summed E-state index contributed by atoms with van der Waals surface area (Å²) in [6.07, 6.45) is 0. The minimum absolute atomic E-state index is 0.238. The first-order chi connectivity index (χ1) is 10.1. The molecule has 1 heterocycles. The fourth-order valence-electron chi connectivity index (χ4n) is 2.02. The lowest BCUT2D eigenvalue weighted by atomic mass is 10.2. The molecule has 0 radical (unpaired) electrons. The summed E-state index contributed by atoms with van der Waals surface area (Å²) in [5.74, 6) is 5.56. The molecule has 0 saturated heterocycles. The number of hydrogen-bond acceptors (Lipinski definition) is 3. The van der Waals surface area contributed by atoms with Gasteiger partial charge in [0.25, 0.3) is 0 Å². The number of halogens is 1. The van der Waals surface area contributed by atoms with Crippen LogP contribution in [0.4, 0.5) is 4.39 Å². The van der Waals surface area contributed by atoms with Gasteiger partial charge in [0, 0.05) is 18.2 Å². The Morgan fingerprint density at radius 2 is 2.14 bits per heavy atom. The van der Waals surface area contributed by atoms with Gasteiger partial charge in [-0.15, -0.1) is 0 Å². The van der Waals surface area contributed by atoms with Crippen LogP contribution in [0.15, 0.2) is 24.3 Å².